The lowest BCUT2D eigenvalue weighted by Crippen LogP contribution is -2.45. The molecule has 0 aliphatic heterocycles. The molecular formula is C64H123NO5. The van der Waals surface area contributed by atoms with Crippen LogP contribution in [0.1, 0.15) is 348 Å². The number of unbranched alkanes of at least 4 members (excludes halogenated alkanes) is 44. The highest BCUT2D eigenvalue weighted by Crippen LogP contribution is 2.18. The summed E-state index contributed by atoms with van der Waals surface area (Å²) in [4.78, 5) is 24.6. The Morgan fingerprint density at radius 3 is 1.03 bits per heavy atom. The molecule has 1 amide bonds. The summed E-state index contributed by atoms with van der Waals surface area (Å²) >= 11 is 0. The Kier molecular flexibility index (Phi) is 58.5. The van der Waals surface area contributed by atoms with Crippen molar-refractivity contribution in [1.29, 1.82) is 0 Å². The summed E-state index contributed by atoms with van der Waals surface area (Å²) in [7, 11) is 0. The second-order valence-electron chi connectivity index (χ2n) is 21.7. The third kappa shape index (κ3) is 55.7. The van der Waals surface area contributed by atoms with Gasteiger partial charge in [0.1, 0.15) is 0 Å². The van der Waals surface area contributed by atoms with Crippen molar-refractivity contribution in [2.24, 2.45) is 0 Å². The largest absolute Gasteiger partial charge is 0.466 e. The van der Waals surface area contributed by atoms with Crippen molar-refractivity contribution in [2.75, 3.05) is 13.2 Å². The molecule has 0 fully saturated rings. The third-order valence-corrected chi connectivity index (χ3v) is 14.7. The summed E-state index contributed by atoms with van der Waals surface area (Å²) < 4.78 is 5.48. The number of aliphatic hydroxyl groups is 2. The smallest absolute Gasteiger partial charge is 0.305 e. The normalized spacial score (nSPS) is 12.7. The van der Waals surface area contributed by atoms with Crippen LogP contribution in [-0.2, 0) is 14.3 Å². The number of carbonyl (C=O) groups is 2. The van der Waals surface area contributed by atoms with Crippen molar-refractivity contribution in [3.8, 4) is 0 Å². The maximum atomic E-state index is 12.5. The first kappa shape index (κ1) is 68.3. The van der Waals surface area contributed by atoms with E-state index in [4.69, 9.17) is 4.74 Å². The van der Waals surface area contributed by atoms with Gasteiger partial charge in [0.15, 0.2) is 0 Å². The molecule has 414 valence electrons. The van der Waals surface area contributed by atoms with E-state index in [1.54, 1.807) is 0 Å². The Hall–Kier alpha value is -1.66. The van der Waals surface area contributed by atoms with Crippen molar-refractivity contribution >= 4 is 11.9 Å². The highest BCUT2D eigenvalue weighted by molar-refractivity contribution is 5.76. The summed E-state index contributed by atoms with van der Waals surface area (Å²) in [6.07, 6.45) is 73.3. The molecule has 0 rings (SSSR count). The fourth-order valence-electron chi connectivity index (χ4n) is 9.87. The molecule has 0 heterocycles. The van der Waals surface area contributed by atoms with Gasteiger partial charge in [0.25, 0.3) is 0 Å². The van der Waals surface area contributed by atoms with Crippen LogP contribution < -0.4 is 5.32 Å². The van der Waals surface area contributed by atoms with Crippen molar-refractivity contribution in [3.05, 3.63) is 24.3 Å². The molecule has 0 aromatic carbocycles. The van der Waals surface area contributed by atoms with Gasteiger partial charge in [-0.15, -0.1) is 0 Å². The Bertz CT molecular complexity index is 1090. The van der Waals surface area contributed by atoms with Gasteiger partial charge in [-0.25, -0.2) is 0 Å². The predicted molar refractivity (Wildman–Crippen MR) is 306 cm³/mol. The van der Waals surface area contributed by atoms with E-state index in [1.165, 1.54) is 244 Å². The molecule has 0 saturated carbocycles. The average Bonchev–Trinajstić information content (AvgIpc) is 3.36. The minimum absolute atomic E-state index is 0.0145. The second kappa shape index (κ2) is 59.9. The van der Waals surface area contributed by atoms with Crippen molar-refractivity contribution in [3.63, 3.8) is 0 Å². The first-order chi connectivity index (χ1) is 34.5. The van der Waals surface area contributed by atoms with Crippen molar-refractivity contribution < 1.29 is 24.5 Å². The zero-order valence-electron chi connectivity index (χ0n) is 47.3. The van der Waals surface area contributed by atoms with E-state index < -0.39 is 12.1 Å². The van der Waals surface area contributed by atoms with E-state index in [0.29, 0.717) is 25.9 Å². The van der Waals surface area contributed by atoms with Gasteiger partial charge in [-0.05, 0) is 77.0 Å². The first-order valence-corrected chi connectivity index (χ1v) is 31.6. The van der Waals surface area contributed by atoms with Gasteiger partial charge >= 0.3 is 5.97 Å². The molecule has 6 nitrogen and oxygen atoms in total. The Labute approximate surface area is 437 Å². The molecule has 0 aliphatic rings. The lowest BCUT2D eigenvalue weighted by molar-refractivity contribution is -0.143. The van der Waals surface area contributed by atoms with Crippen LogP contribution in [0, 0.1) is 0 Å². The van der Waals surface area contributed by atoms with E-state index in [1.807, 2.05) is 0 Å². The SMILES string of the molecule is CCCCCCCCC/C=C\CCCCCCCCCC(=O)OCCCCCCCC/C=C\CCCCCC(=O)NC(CO)C(O)CCCCCCCCCCCCCCCCCCCCCCCC. The van der Waals surface area contributed by atoms with Crippen molar-refractivity contribution in [1.82, 2.24) is 5.32 Å². The van der Waals surface area contributed by atoms with Crippen LogP contribution >= 0.6 is 0 Å². The molecule has 0 aromatic rings. The van der Waals surface area contributed by atoms with Crippen molar-refractivity contribution in [2.45, 2.75) is 360 Å². The predicted octanol–water partition coefficient (Wildman–Crippen LogP) is 19.8. The summed E-state index contributed by atoms with van der Waals surface area (Å²) in [5, 5.41) is 23.3. The van der Waals surface area contributed by atoms with E-state index in [9.17, 15) is 19.8 Å². The lowest BCUT2D eigenvalue weighted by Gasteiger charge is -2.22. The minimum Gasteiger partial charge on any atom is -0.466 e. The van der Waals surface area contributed by atoms with Gasteiger partial charge in [-0.2, -0.15) is 0 Å². The average molecular weight is 987 g/mol. The number of amides is 1. The number of hydrogen-bond donors (Lipinski definition) is 3. The highest BCUT2D eigenvalue weighted by atomic mass is 16.5. The van der Waals surface area contributed by atoms with Crippen LogP contribution in [0.25, 0.3) is 0 Å². The summed E-state index contributed by atoms with van der Waals surface area (Å²) in [6.45, 7) is 4.93. The molecule has 0 saturated heterocycles. The maximum Gasteiger partial charge on any atom is 0.305 e. The molecule has 2 unspecified atom stereocenters. The lowest BCUT2D eigenvalue weighted by atomic mass is 10.0. The number of nitrogens with one attached hydrogen (secondary N) is 1. The third-order valence-electron chi connectivity index (χ3n) is 14.7. The monoisotopic (exact) mass is 986 g/mol. The molecule has 0 aliphatic carbocycles. The summed E-state index contributed by atoms with van der Waals surface area (Å²) in [6, 6.07) is -0.563. The van der Waals surface area contributed by atoms with Gasteiger partial charge in [0.2, 0.25) is 5.91 Å². The molecule has 3 N–H and O–H groups in total. The van der Waals surface area contributed by atoms with Gasteiger partial charge in [0.05, 0.1) is 25.4 Å². The van der Waals surface area contributed by atoms with Crippen LogP contribution in [0.3, 0.4) is 0 Å². The number of allylic oxidation sites excluding steroid dienone is 4. The van der Waals surface area contributed by atoms with E-state index in [0.717, 1.165) is 70.6 Å². The fraction of sp³-hybridized carbons (Fsp3) is 0.906. The standard InChI is InChI=1S/C64H123NO5/c1-3-5-7-9-11-13-15-17-19-21-23-24-25-26-27-29-32-36-40-44-48-52-56-62(67)61(60-66)65-63(68)57-53-49-45-41-37-33-31-35-39-43-47-51-55-59-70-64(69)58-54-50-46-42-38-34-30-28-22-20-18-16-14-12-10-8-6-4-2/h20,22,33,37,61-62,66-67H,3-19,21,23-32,34-36,38-60H2,1-2H3,(H,65,68)/b22-20-,37-33-. The molecular weight excluding hydrogens is 863 g/mol. The van der Waals surface area contributed by atoms with Crippen LogP contribution in [0.2, 0.25) is 0 Å². The van der Waals surface area contributed by atoms with Gasteiger partial charge in [-0.3, -0.25) is 9.59 Å². The second-order valence-corrected chi connectivity index (χ2v) is 21.7. The number of carbonyl (C=O) groups excluding carboxylic acids is 2. The fourth-order valence-corrected chi connectivity index (χ4v) is 9.87. The van der Waals surface area contributed by atoms with Gasteiger partial charge < -0.3 is 20.3 Å². The van der Waals surface area contributed by atoms with E-state index in [-0.39, 0.29) is 18.5 Å². The van der Waals surface area contributed by atoms with Gasteiger partial charge in [0, 0.05) is 12.8 Å². The summed E-state index contributed by atoms with van der Waals surface area (Å²) in [5.41, 5.74) is 0. The molecule has 2 atom stereocenters. The number of hydrogen-bond acceptors (Lipinski definition) is 5. The number of ether oxygens (including phenoxy) is 1. The Morgan fingerprint density at radius 2 is 0.671 bits per heavy atom. The highest BCUT2D eigenvalue weighted by Gasteiger charge is 2.20. The van der Waals surface area contributed by atoms with Crippen LogP contribution in [0.4, 0.5) is 0 Å². The Balaban J connectivity index is 3.47. The van der Waals surface area contributed by atoms with Crippen LogP contribution in [0.5, 0.6) is 0 Å². The first-order valence-electron chi connectivity index (χ1n) is 31.6. The van der Waals surface area contributed by atoms with Gasteiger partial charge in [-0.1, -0.05) is 282 Å². The molecule has 6 heteroatoms. The quantitative estimate of drug-likeness (QED) is 0.0321. The maximum absolute atomic E-state index is 12.5. The zero-order chi connectivity index (χ0) is 50.7. The molecule has 70 heavy (non-hydrogen) atoms. The minimum atomic E-state index is -0.683. The van der Waals surface area contributed by atoms with Crippen LogP contribution in [0.15, 0.2) is 24.3 Å². The zero-order valence-corrected chi connectivity index (χ0v) is 47.3. The van der Waals surface area contributed by atoms with E-state index >= 15 is 0 Å². The summed E-state index contributed by atoms with van der Waals surface area (Å²) in [5.74, 6) is -0.0761. The molecule has 0 spiro atoms. The number of aliphatic hydroxyl groups excluding tert-OH is 2. The van der Waals surface area contributed by atoms with E-state index in [2.05, 4.69) is 43.5 Å². The molecule has 0 bridgehead atoms. The number of esters is 1. The topological polar surface area (TPSA) is 95.9 Å². The number of rotatable bonds is 59. The Morgan fingerprint density at radius 1 is 0.386 bits per heavy atom. The molecule has 0 aromatic heterocycles. The molecule has 0 radical (unpaired) electrons. The van der Waals surface area contributed by atoms with Crippen LogP contribution in [-0.4, -0.2) is 47.4 Å².